The van der Waals surface area contributed by atoms with Crippen LogP contribution >= 0.6 is 0 Å². The fourth-order valence-corrected chi connectivity index (χ4v) is 1.94. The lowest BCUT2D eigenvalue weighted by atomic mass is 9.87. The molecule has 1 saturated carbocycles. The smallest absolute Gasteiger partial charge is 0.241 e. The van der Waals surface area contributed by atoms with E-state index in [-0.39, 0.29) is 5.91 Å². The molecule has 2 heteroatoms. The largest absolute Gasteiger partial charge is 0.273 e. The van der Waals surface area contributed by atoms with Crippen molar-refractivity contribution >= 4 is 5.91 Å². The Morgan fingerprint density at radius 3 is 2.62 bits per heavy atom. The molecule has 0 spiro atoms. The molecule has 1 radical (unpaired) electrons. The number of nitrogens with zero attached hydrogens (tertiary/aromatic N) is 1. The van der Waals surface area contributed by atoms with Gasteiger partial charge in [0.2, 0.25) is 5.91 Å². The molecule has 75 valence electrons. The molecule has 0 bridgehead atoms. The molecule has 0 N–H and O–H groups in total. The second-order valence-corrected chi connectivity index (χ2v) is 3.98. The minimum absolute atomic E-state index is 0.133. The molecule has 13 heavy (non-hydrogen) atoms. The number of hydrogen-bond donors (Lipinski definition) is 0. The maximum atomic E-state index is 11.3. The summed E-state index contributed by atoms with van der Waals surface area (Å²) in [5, 5.41) is 4.00. The molecule has 2 nitrogen and oxygen atoms in total. The van der Waals surface area contributed by atoms with E-state index in [0.29, 0.717) is 18.9 Å². The number of hydrogen-bond acceptors (Lipinski definition) is 1. The lowest BCUT2D eigenvalue weighted by molar-refractivity contribution is -0.122. The summed E-state index contributed by atoms with van der Waals surface area (Å²) in [6.45, 7) is 2.77. The maximum Gasteiger partial charge on any atom is 0.241 e. The topological polar surface area (TPSA) is 31.2 Å². The molecule has 0 saturated heterocycles. The predicted molar refractivity (Wildman–Crippen MR) is 53.5 cm³/mol. The van der Waals surface area contributed by atoms with Crippen LogP contribution in [-0.4, -0.2) is 12.5 Å². The Balaban J connectivity index is 2.11. The molecule has 0 atom stereocenters. The van der Waals surface area contributed by atoms with Gasteiger partial charge in [0, 0.05) is 13.0 Å². The van der Waals surface area contributed by atoms with Gasteiger partial charge in [0.25, 0.3) is 0 Å². The van der Waals surface area contributed by atoms with Crippen molar-refractivity contribution in [1.29, 1.82) is 0 Å². The van der Waals surface area contributed by atoms with E-state index in [9.17, 15) is 4.79 Å². The number of carbonyl (C=O) groups is 1. The molecule has 0 unspecified atom stereocenters. The SMILES string of the molecule is CCC[N]C(=O)CC1CCCCC1. The molecule has 1 aliphatic carbocycles. The van der Waals surface area contributed by atoms with Gasteiger partial charge in [-0.25, -0.2) is 0 Å². The fourth-order valence-electron chi connectivity index (χ4n) is 1.94. The van der Waals surface area contributed by atoms with E-state index in [0.717, 1.165) is 6.42 Å². The quantitative estimate of drug-likeness (QED) is 0.657. The Morgan fingerprint density at radius 1 is 1.31 bits per heavy atom. The zero-order valence-electron chi connectivity index (χ0n) is 8.59. The van der Waals surface area contributed by atoms with Gasteiger partial charge < -0.3 is 0 Å². The van der Waals surface area contributed by atoms with Gasteiger partial charge in [-0.15, -0.1) is 0 Å². The molecule has 1 aliphatic rings. The zero-order valence-corrected chi connectivity index (χ0v) is 8.59. The van der Waals surface area contributed by atoms with Crippen LogP contribution in [0.4, 0.5) is 0 Å². The fraction of sp³-hybridized carbons (Fsp3) is 0.909. The molecule has 0 aromatic rings. The van der Waals surface area contributed by atoms with Gasteiger partial charge in [0.15, 0.2) is 0 Å². The van der Waals surface area contributed by atoms with Crippen molar-refractivity contribution in [3.8, 4) is 0 Å². The van der Waals surface area contributed by atoms with Crippen LogP contribution in [0.25, 0.3) is 0 Å². The van der Waals surface area contributed by atoms with E-state index in [1.165, 1.54) is 32.1 Å². The molecule has 0 heterocycles. The highest BCUT2D eigenvalue weighted by atomic mass is 16.1. The number of rotatable bonds is 4. The Bertz CT molecular complexity index is 150. The highest BCUT2D eigenvalue weighted by molar-refractivity contribution is 5.75. The molecule has 0 aliphatic heterocycles. The normalized spacial score (nSPS) is 18.5. The Labute approximate surface area is 81.1 Å². The van der Waals surface area contributed by atoms with Crippen molar-refractivity contribution in [3.63, 3.8) is 0 Å². The van der Waals surface area contributed by atoms with E-state index < -0.39 is 0 Å². The first-order valence-electron chi connectivity index (χ1n) is 5.53. The summed E-state index contributed by atoms with van der Waals surface area (Å²) < 4.78 is 0. The van der Waals surface area contributed by atoms with Crippen molar-refractivity contribution in [2.24, 2.45) is 5.92 Å². The molecule has 0 aromatic heterocycles. The highest BCUT2D eigenvalue weighted by Crippen LogP contribution is 2.26. The molecule has 0 aromatic carbocycles. The Morgan fingerprint density at radius 2 is 2.00 bits per heavy atom. The lowest BCUT2D eigenvalue weighted by Crippen LogP contribution is -2.20. The Hall–Kier alpha value is -0.530. The summed E-state index contributed by atoms with van der Waals surface area (Å²) >= 11 is 0. The van der Waals surface area contributed by atoms with Crippen LogP contribution in [-0.2, 0) is 4.79 Å². The van der Waals surface area contributed by atoms with Crippen LogP contribution in [0.15, 0.2) is 0 Å². The van der Waals surface area contributed by atoms with Crippen LogP contribution < -0.4 is 5.32 Å². The van der Waals surface area contributed by atoms with Crippen LogP contribution in [0.2, 0.25) is 0 Å². The standard InChI is InChI=1S/C11H20NO/c1-2-8-12-11(13)9-10-6-4-3-5-7-10/h10H,2-9H2,1H3. The van der Waals surface area contributed by atoms with Gasteiger partial charge in [-0.3, -0.25) is 10.1 Å². The van der Waals surface area contributed by atoms with E-state index in [2.05, 4.69) is 12.2 Å². The first kappa shape index (κ1) is 10.6. The summed E-state index contributed by atoms with van der Waals surface area (Å²) in [6.07, 6.45) is 8.16. The second-order valence-electron chi connectivity index (χ2n) is 3.98. The minimum atomic E-state index is 0.133. The summed E-state index contributed by atoms with van der Waals surface area (Å²) in [6, 6.07) is 0. The zero-order chi connectivity index (χ0) is 9.52. The van der Waals surface area contributed by atoms with E-state index in [1.54, 1.807) is 0 Å². The van der Waals surface area contributed by atoms with Gasteiger partial charge >= 0.3 is 0 Å². The lowest BCUT2D eigenvalue weighted by Gasteiger charge is -2.20. The van der Waals surface area contributed by atoms with E-state index in [1.807, 2.05) is 0 Å². The van der Waals surface area contributed by atoms with Gasteiger partial charge in [0.1, 0.15) is 0 Å². The van der Waals surface area contributed by atoms with Crippen molar-refractivity contribution in [1.82, 2.24) is 5.32 Å². The predicted octanol–water partition coefficient (Wildman–Crippen LogP) is 2.50. The Kier molecular flexibility index (Phi) is 4.87. The minimum Gasteiger partial charge on any atom is -0.273 e. The van der Waals surface area contributed by atoms with Crippen LogP contribution in [0.3, 0.4) is 0 Å². The maximum absolute atomic E-state index is 11.3. The average Bonchev–Trinajstić information content (AvgIpc) is 2.16. The summed E-state index contributed by atoms with van der Waals surface area (Å²) in [5.41, 5.74) is 0. The molecular weight excluding hydrogens is 162 g/mol. The van der Waals surface area contributed by atoms with Crippen LogP contribution in [0, 0.1) is 5.92 Å². The first-order valence-corrected chi connectivity index (χ1v) is 5.53. The van der Waals surface area contributed by atoms with Gasteiger partial charge in [0.05, 0.1) is 0 Å². The van der Waals surface area contributed by atoms with Gasteiger partial charge in [-0.05, 0) is 25.2 Å². The van der Waals surface area contributed by atoms with E-state index in [4.69, 9.17) is 0 Å². The number of carbonyl (C=O) groups excluding carboxylic acids is 1. The molecule has 1 fully saturated rings. The van der Waals surface area contributed by atoms with Crippen molar-refractivity contribution in [3.05, 3.63) is 0 Å². The van der Waals surface area contributed by atoms with E-state index >= 15 is 0 Å². The summed E-state index contributed by atoms with van der Waals surface area (Å²) in [7, 11) is 0. The third-order valence-electron chi connectivity index (χ3n) is 2.70. The second kappa shape index (κ2) is 6.01. The molecular formula is C11H20NO. The average molecular weight is 182 g/mol. The first-order chi connectivity index (χ1) is 6.33. The van der Waals surface area contributed by atoms with Crippen molar-refractivity contribution < 1.29 is 4.79 Å². The highest BCUT2D eigenvalue weighted by Gasteiger charge is 2.16. The van der Waals surface area contributed by atoms with Crippen LogP contribution in [0.5, 0.6) is 0 Å². The summed E-state index contributed by atoms with van der Waals surface area (Å²) in [4.78, 5) is 11.3. The van der Waals surface area contributed by atoms with Crippen molar-refractivity contribution in [2.45, 2.75) is 51.9 Å². The van der Waals surface area contributed by atoms with Gasteiger partial charge in [-0.1, -0.05) is 26.2 Å². The third kappa shape index (κ3) is 4.30. The van der Waals surface area contributed by atoms with Gasteiger partial charge in [-0.2, -0.15) is 0 Å². The van der Waals surface area contributed by atoms with Crippen molar-refractivity contribution in [2.75, 3.05) is 6.54 Å². The summed E-state index contributed by atoms with van der Waals surface area (Å²) in [5.74, 6) is 0.774. The molecule has 1 rings (SSSR count). The monoisotopic (exact) mass is 182 g/mol. The molecule has 1 amide bonds. The third-order valence-corrected chi connectivity index (χ3v) is 2.70. The number of amides is 1. The van der Waals surface area contributed by atoms with Crippen LogP contribution in [0.1, 0.15) is 51.9 Å².